The molecule has 1 heterocycles. The molecular formula is C80H126N12O22. The van der Waals surface area contributed by atoms with Gasteiger partial charge >= 0.3 is 30.2 Å². The van der Waals surface area contributed by atoms with E-state index in [2.05, 4.69) is 54.7 Å². The van der Waals surface area contributed by atoms with E-state index in [1.807, 2.05) is 19.9 Å². The number of aliphatic carboxylic acids is 2. The number of carbonyl (C=O) groups excluding carboxylic acids is 11. The Morgan fingerprint density at radius 1 is 0.614 bits per heavy atom. The molecule has 2 aliphatic rings. The number of amides is 12. The van der Waals surface area contributed by atoms with Crippen LogP contribution in [0.25, 0.3) is 0 Å². The summed E-state index contributed by atoms with van der Waals surface area (Å²) >= 11 is 0. The van der Waals surface area contributed by atoms with E-state index in [4.69, 9.17) is 38.9 Å². The number of anilines is 1. The van der Waals surface area contributed by atoms with Crippen LogP contribution in [0.5, 0.6) is 0 Å². The number of primary amides is 1. The van der Waals surface area contributed by atoms with Crippen molar-refractivity contribution in [3.8, 4) is 0 Å². The molecule has 2 aromatic rings. The van der Waals surface area contributed by atoms with E-state index >= 15 is 0 Å². The minimum absolute atomic E-state index is 0.0226. The fourth-order valence-corrected chi connectivity index (χ4v) is 13.7. The number of likely N-dealkylation sites (N-methyl/N-ethyl adjacent to an activating group) is 2. The predicted octanol–water partition coefficient (Wildman–Crippen LogP) is 5.18. The average molecular weight is 1610 g/mol. The standard InChI is InChI=1S/C80H126N12O22/c1-14-52(8)69(62(108-12)46-64(94)92-39-24-30-61(92)70(109-13)53(9)71(97)87-60(77(103)104)45-54-25-19-18-20-26-54)90(10)76(102)67(50(4)5)89-75(101)68(51(6)7)91(11)80(107)113-47-55-31-33-56(34-32-55)84-72(98)58(29-23-37-82-78(81)105)86-74(100)66(49(2)3)88-73(99)59(35-36-65(95)96)85-63(93)48-112-44-43-111-42-41-110-40-38-83-79(106)114-57-27-21-16-15-17-22-28-57/h15-16,18-20,25-26,31-34,49-53,57-62,66-70H,14,17,21-24,27-30,35-48H2,1-13H3,(H,83,106)(H,84,98)(H,85,93)(H,86,100)(H,87,97)(H,88,99)(H,89,101)(H,95,96)(H,103,104)(H3,81,82,105)/b16-15-. The molecule has 12 amide bonds. The number of carboxylic acid groups (broad SMARTS) is 2. The van der Waals surface area contributed by atoms with Gasteiger partial charge in [-0.05, 0) is 111 Å². The summed E-state index contributed by atoms with van der Waals surface area (Å²) in [6, 6.07) is 5.58. The summed E-state index contributed by atoms with van der Waals surface area (Å²) in [7, 11) is 5.91. The number of urea groups is 1. The quantitative estimate of drug-likeness (QED) is 0.0300. The second kappa shape index (κ2) is 51.4. The number of benzene rings is 2. The third-order valence-corrected chi connectivity index (χ3v) is 20.2. The monoisotopic (exact) mass is 1610 g/mol. The molecule has 0 bridgehead atoms. The molecule has 34 heteroatoms. The van der Waals surface area contributed by atoms with Gasteiger partial charge in [0.25, 0.3) is 0 Å². The first kappa shape index (κ1) is 96.9. The highest BCUT2D eigenvalue weighted by Crippen LogP contribution is 2.31. The number of nitrogens with two attached hydrogens (primary N) is 1. The Labute approximate surface area is 669 Å². The molecule has 1 aliphatic carbocycles. The van der Waals surface area contributed by atoms with Crippen molar-refractivity contribution in [3.63, 3.8) is 0 Å². The van der Waals surface area contributed by atoms with Crippen LogP contribution in [0.1, 0.15) is 157 Å². The van der Waals surface area contributed by atoms with Gasteiger partial charge in [0.1, 0.15) is 55.6 Å². The Bertz CT molecular complexity index is 3420. The summed E-state index contributed by atoms with van der Waals surface area (Å²) in [5, 5.41) is 40.7. The zero-order valence-corrected chi connectivity index (χ0v) is 68.5. The summed E-state index contributed by atoms with van der Waals surface area (Å²) in [5.41, 5.74) is 6.73. The summed E-state index contributed by atoms with van der Waals surface area (Å²) in [6.45, 7) is 16.3. The molecule has 4 rings (SSSR count). The van der Waals surface area contributed by atoms with Gasteiger partial charge < -0.3 is 101 Å². The van der Waals surface area contributed by atoms with E-state index in [-0.39, 0.29) is 108 Å². The molecule has 13 unspecified atom stereocenters. The number of nitrogens with zero attached hydrogens (tertiary/aromatic N) is 3. The lowest BCUT2D eigenvalue weighted by atomic mass is 9.89. The van der Waals surface area contributed by atoms with Gasteiger partial charge in [0, 0.05) is 66.5 Å². The molecule has 114 heavy (non-hydrogen) atoms. The second-order valence-electron chi connectivity index (χ2n) is 29.9. The molecule has 638 valence electrons. The number of carboxylic acids is 2. The van der Waals surface area contributed by atoms with Crippen LogP contribution in [0.4, 0.5) is 20.1 Å². The van der Waals surface area contributed by atoms with Crippen LogP contribution in [-0.2, 0) is 94.1 Å². The zero-order chi connectivity index (χ0) is 84.6. The van der Waals surface area contributed by atoms with Crippen molar-refractivity contribution in [2.75, 3.05) is 92.9 Å². The van der Waals surface area contributed by atoms with Crippen LogP contribution in [0.2, 0.25) is 0 Å². The zero-order valence-electron chi connectivity index (χ0n) is 68.5. The van der Waals surface area contributed by atoms with Crippen LogP contribution in [0.15, 0.2) is 66.7 Å². The van der Waals surface area contributed by atoms with Crippen molar-refractivity contribution in [1.29, 1.82) is 0 Å². The molecule has 0 spiro atoms. The van der Waals surface area contributed by atoms with E-state index in [1.54, 1.807) is 96.8 Å². The Balaban J connectivity index is 1.34. The van der Waals surface area contributed by atoms with Crippen LogP contribution < -0.4 is 48.3 Å². The summed E-state index contributed by atoms with van der Waals surface area (Å²) in [6.07, 6.45) is 6.32. The lowest BCUT2D eigenvalue weighted by Gasteiger charge is -2.41. The first-order valence-electron chi connectivity index (χ1n) is 39.5. The minimum atomic E-state index is -1.43. The predicted molar refractivity (Wildman–Crippen MR) is 422 cm³/mol. The van der Waals surface area contributed by atoms with E-state index in [0.717, 1.165) is 42.6 Å². The average Bonchev–Trinajstić information content (AvgIpc) is 1.37. The molecule has 12 N–H and O–H groups in total. The van der Waals surface area contributed by atoms with Crippen LogP contribution >= 0.6 is 0 Å². The Morgan fingerprint density at radius 2 is 1.25 bits per heavy atom. The number of hydrogen-bond donors (Lipinski definition) is 11. The van der Waals surface area contributed by atoms with Crippen molar-refractivity contribution in [2.24, 2.45) is 35.3 Å². The molecule has 34 nitrogen and oxygen atoms in total. The normalized spacial score (nSPS) is 17.4. The Kier molecular flexibility index (Phi) is 43.6. The second-order valence-corrected chi connectivity index (χ2v) is 29.9. The summed E-state index contributed by atoms with van der Waals surface area (Å²) < 4.78 is 39.6. The molecule has 1 saturated heterocycles. The van der Waals surface area contributed by atoms with Gasteiger partial charge in [-0.3, -0.25) is 48.1 Å². The SMILES string of the molecule is CCC(C)C(C(CC(=O)N1CCCC1C(OC)C(C)C(=O)NC(Cc1ccccc1)C(=O)O)OC)N(C)C(=O)C(NC(=O)C(C(C)C)N(C)C(=O)OCc1ccc(NC(=O)C(CCCNC(N)=O)NC(=O)C(NC(=O)C(CCC(=O)O)NC(=O)COCCOCCOCCNC(=O)OC2CC/C=C\CCC2)C(C)C)cc1)C(C)C. The lowest BCUT2D eigenvalue weighted by molar-refractivity contribution is -0.148. The van der Waals surface area contributed by atoms with Crippen molar-refractivity contribution in [3.05, 3.63) is 77.9 Å². The highest BCUT2D eigenvalue weighted by Gasteiger charge is 2.45. The molecule has 1 fully saturated rings. The maximum Gasteiger partial charge on any atom is 0.410 e. The van der Waals surface area contributed by atoms with Crippen molar-refractivity contribution >= 4 is 83.1 Å². The number of rotatable bonds is 50. The van der Waals surface area contributed by atoms with Gasteiger partial charge in [0.2, 0.25) is 47.3 Å². The van der Waals surface area contributed by atoms with Gasteiger partial charge in [0.15, 0.2) is 0 Å². The van der Waals surface area contributed by atoms with E-state index in [1.165, 1.54) is 38.3 Å². The Morgan fingerprint density at radius 3 is 1.86 bits per heavy atom. The number of alkyl carbamates (subject to hydrolysis) is 1. The fourth-order valence-electron chi connectivity index (χ4n) is 13.7. The van der Waals surface area contributed by atoms with Gasteiger partial charge in [-0.25, -0.2) is 19.2 Å². The number of hydrogen-bond acceptors (Lipinski definition) is 20. The third kappa shape index (κ3) is 33.5. The van der Waals surface area contributed by atoms with Gasteiger partial charge in [-0.1, -0.05) is 123 Å². The van der Waals surface area contributed by atoms with Gasteiger partial charge in [-0.2, -0.15) is 0 Å². The smallest absolute Gasteiger partial charge is 0.410 e. The fraction of sp³-hybridized carbons (Fsp3) is 0.662. The highest BCUT2D eigenvalue weighted by atomic mass is 16.6. The van der Waals surface area contributed by atoms with E-state index < -0.39 is 169 Å². The van der Waals surface area contributed by atoms with Gasteiger partial charge in [0.05, 0.1) is 69.7 Å². The molecule has 1 aliphatic heterocycles. The first-order valence-corrected chi connectivity index (χ1v) is 39.5. The maximum atomic E-state index is 14.9. The van der Waals surface area contributed by atoms with E-state index in [9.17, 15) is 72.5 Å². The molecule has 0 radical (unpaired) electrons. The minimum Gasteiger partial charge on any atom is -0.481 e. The van der Waals surface area contributed by atoms with E-state index in [0.29, 0.717) is 31.4 Å². The number of allylic oxidation sites excluding steroid dienone is 2. The van der Waals surface area contributed by atoms with Crippen LogP contribution in [-0.4, -0.2) is 257 Å². The topological polar surface area (TPSA) is 459 Å². The number of likely N-dealkylation sites (tertiary alicyclic amines) is 1. The molecule has 13 atom stereocenters. The lowest BCUT2D eigenvalue weighted by Crippen LogP contribution is -2.60. The summed E-state index contributed by atoms with van der Waals surface area (Å²) in [5.74, 6) is -10.2. The molecule has 2 aromatic carbocycles. The number of carbonyl (C=O) groups is 13. The number of methoxy groups -OCH3 is 2. The van der Waals surface area contributed by atoms with Gasteiger partial charge in [-0.15, -0.1) is 0 Å². The number of nitrogens with one attached hydrogen (secondary N) is 8. The summed E-state index contributed by atoms with van der Waals surface area (Å²) in [4.78, 5) is 179. The highest BCUT2D eigenvalue weighted by molar-refractivity contribution is 5.99. The molecule has 0 saturated carbocycles. The van der Waals surface area contributed by atoms with Crippen molar-refractivity contribution in [1.82, 2.24) is 51.9 Å². The molecule has 0 aromatic heterocycles. The first-order chi connectivity index (χ1) is 54.2. The van der Waals surface area contributed by atoms with Crippen molar-refractivity contribution < 1.29 is 106 Å². The Hall–Kier alpha value is -9.51. The third-order valence-electron chi connectivity index (χ3n) is 20.2. The van der Waals surface area contributed by atoms with Crippen LogP contribution in [0, 0.1) is 29.6 Å². The number of ether oxygens (including phenoxy) is 7. The maximum absolute atomic E-state index is 14.9. The van der Waals surface area contributed by atoms with Crippen LogP contribution in [0.3, 0.4) is 0 Å². The largest absolute Gasteiger partial charge is 0.481 e. The molecular weight excluding hydrogens is 1480 g/mol. The van der Waals surface area contributed by atoms with Crippen molar-refractivity contribution in [2.45, 2.75) is 225 Å².